The molecule has 168 valence electrons. The van der Waals surface area contributed by atoms with Crippen LogP contribution in [0.4, 0.5) is 0 Å². The van der Waals surface area contributed by atoms with Gasteiger partial charge in [0.25, 0.3) is 0 Å². The molecule has 0 heterocycles. The quantitative estimate of drug-likeness (QED) is 0.482. The zero-order valence-electron chi connectivity index (χ0n) is 19.7. The molecule has 3 unspecified atom stereocenters. The van der Waals surface area contributed by atoms with Crippen molar-refractivity contribution in [1.29, 1.82) is 0 Å². The lowest BCUT2D eigenvalue weighted by atomic mass is 9.87. The van der Waals surface area contributed by atoms with Crippen LogP contribution < -0.4 is 4.74 Å². The maximum absolute atomic E-state index is 5.48. The summed E-state index contributed by atoms with van der Waals surface area (Å²) in [6.45, 7) is 10.6. The van der Waals surface area contributed by atoms with Crippen LogP contribution in [0.1, 0.15) is 49.8 Å². The first-order chi connectivity index (χ1) is 15.2. The number of aryl methyl sites for hydroxylation is 1. The van der Waals surface area contributed by atoms with E-state index in [1.54, 1.807) is 7.11 Å². The monoisotopic (exact) mass is 420 g/mol. The van der Waals surface area contributed by atoms with E-state index in [1.165, 1.54) is 68.4 Å². The Balaban J connectivity index is 1.32. The molecule has 1 fully saturated rings. The number of nitrogens with zero attached hydrogens (tertiary/aromatic N) is 2. The second-order valence-electron chi connectivity index (χ2n) is 9.60. The first-order valence-corrected chi connectivity index (χ1v) is 12.4. The third kappa shape index (κ3) is 5.90. The van der Waals surface area contributed by atoms with Crippen molar-refractivity contribution in [1.82, 2.24) is 9.80 Å². The molecule has 0 aromatic heterocycles. The van der Waals surface area contributed by atoms with E-state index in [0.29, 0.717) is 6.04 Å². The van der Waals surface area contributed by atoms with Crippen LogP contribution >= 0.6 is 0 Å². The topological polar surface area (TPSA) is 15.7 Å². The molecule has 0 bridgehead atoms. The largest absolute Gasteiger partial charge is 0.497 e. The van der Waals surface area contributed by atoms with Gasteiger partial charge in [0.05, 0.1) is 7.11 Å². The summed E-state index contributed by atoms with van der Waals surface area (Å²) in [5.74, 6) is 2.75. The number of fused-ring (bicyclic) bond motifs is 1. The zero-order chi connectivity index (χ0) is 21.6. The summed E-state index contributed by atoms with van der Waals surface area (Å²) in [5.41, 5.74) is 4.46. The maximum atomic E-state index is 5.48. The van der Waals surface area contributed by atoms with Gasteiger partial charge < -0.3 is 4.74 Å². The van der Waals surface area contributed by atoms with Gasteiger partial charge in [0, 0.05) is 25.7 Å². The third-order valence-electron chi connectivity index (χ3n) is 7.37. The highest BCUT2D eigenvalue weighted by molar-refractivity contribution is 5.38. The third-order valence-corrected chi connectivity index (χ3v) is 7.37. The molecule has 0 saturated heterocycles. The van der Waals surface area contributed by atoms with Gasteiger partial charge in [-0.25, -0.2) is 0 Å². The number of rotatable bonds is 11. The van der Waals surface area contributed by atoms with Gasteiger partial charge in [-0.3, -0.25) is 9.80 Å². The molecule has 31 heavy (non-hydrogen) atoms. The van der Waals surface area contributed by atoms with Gasteiger partial charge >= 0.3 is 0 Å². The van der Waals surface area contributed by atoms with Crippen molar-refractivity contribution in [2.24, 2.45) is 11.8 Å². The summed E-state index contributed by atoms with van der Waals surface area (Å²) in [4.78, 5) is 5.45. The highest BCUT2D eigenvalue weighted by Gasteiger charge is 2.40. The summed E-state index contributed by atoms with van der Waals surface area (Å²) < 4.78 is 5.48. The van der Waals surface area contributed by atoms with Crippen LogP contribution in [0.2, 0.25) is 0 Å². The van der Waals surface area contributed by atoms with Crippen LogP contribution in [-0.4, -0.2) is 49.1 Å². The number of hydrogen-bond acceptors (Lipinski definition) is 3. The van der Waals surface area contributed by atoms with Crippen molar-refractivity contribution < 1.29 is 4.74 Å². The van der Waals surface area contributed by atoms with Crippen molar-refractivity contribution in [2.75, 3.05) is 33.3 Å². The van der Waals surface area contributed by atoms with Gasteiger partial charge in [0.1, 0.15) is 5.75 Å². The van der Waals surface area contributed by atoms with Crippen molar-refractivity contribution in [3.8, 4) is 5.75 Å². The molecule has 0 radical (unpaired) electrons. The molecule has 2 aliphatic carbocycles. The molecular weight excluding hydrogens is 380 g/mol. The zero-order valence-corrected chi connectivity index (χ0v) is 19.7. The predicted octanol–water partition coefficient (Wildman–Crippen LogP) is 5.42. The molecule has 2 aliphatic rings. The first-order valence-electron chi connectivity index (χ1n) is 12.4. The number of methoxy groups -OCH3 is 1. The lowest BCUT2D eigenvalue weighted by molar-refractivity contribution is 0.165. The van der Waals surface area contributed by atoms with E-state index in [4.69, 9.17) is 4.74 Å². The minimum Gasteiger partial charge on any atom is -0.497 e. The average Bonchev–Trinajstić information content (AvgIpc) is 3.55. The highest BCUT2D eigenvalue weighted by Crippen LogP contribution is 2.41. The molecule has 4 rings (SSSR count). The maximum Gasteiger partial charge on any atom is 0.119 e. The number of hydrogen-bond donors (Lipinski definition) is 0. The molecule has 0 aliphatic heterocycles. The van der Waals surface area contributed by atoms with Crippen molar-refractivity contribution in [3.05, 3.63) is 65.2 Å². The van der Waals surface area contributed by atoms with E-state index in [2.05, 4.69) is 72.2 Å². The Kier molecular flexibility index (Phi) is 7.68. The van der Waals surface area contributed by atoms with E-state index < -0.39 is 0 Å². The van der Waals surface area contributed by atoms with Crippen LogP contribution in [0.3, 0.4) is 0 Å². The second kappa shape index (κ2) is 10.7. The lowest BCUT2D eigenvalue weighted by Gasteiger charge is -2.35. The minimum atomic E-state index is 0.687. The summed E-state index contributed by atoms with van der Waals surface area (Å²) in [6.07, 6.45) is 6.33. The second-order valence-corrected chi connectivity index (χ2v) is 9.60. The molecule has 2 aromatic rings. The predicted molar refractivity (Wildman–Crippen MR) is 130 cm³/mol. The molecule has 0 amide bonds. The van der Waals surface area contributed by atoms with Crippen molar-refractivity contribution >= 4 is 0 Å². The van der Waals surface area contributed by atoms with E-state index in [0.717, 1.165) is 30.7 Å². The fraction of sp³-hybridized carbons (Fsp3) is 0.571. The summed E-state index contributed by atoms with van der Waals surface area (Å²) in [5, 5.41) is 0. The Hall–Kier alpha value is -1.84. The number of benzene rings is 2. The molecule has 3 heteroatoms. The molecule has 1 saturated carbocycles. The molecule has 3 atom stereocenters. The summed E-state index contributed by atoms with van der Waals surface area (Å²) in [7, 11) is 1.77. The van der Waals surface area contributed by atoms with Crippen LogP contribution in [0, 0.1) is 11.8 Å². The van der Waals surface area contributed by atoms with Gasteiger partial charge in [-0.1, -0.05) is 50.2 Å². The minimum absolute atomic E-state index is 0.687. The molecule has 0 N–H and O–H groups in total. The average molecular weight is 421 g/mol. The van der Waals surface area contributed by atoms with Gasteiger partial charge in [0.15, 0.2) is 0 Å². The van der Waals surface area contributed by atoms with Gasteiger partial charge in [-0.15, -0.1) is 0 Å². The normalized spacial score (nSPS) is 22.5. The van der Waals surface area contributed by atoms with Gasteiger partial charge in [0.2, 0.25) is 0 Å². The molecule has 0 spiro atoms. The summed E-state index contributed by atoms with van der Waals surface area (Å²) >= 11 is 0. The Bertz CT molecular complexity index is 821. The van der Waals surface area contributed by atoms with E-state index >= 15 is 0 Å². The Morgan fingerprint density at radius 1 is 0.968 bits per heavy atom. The standard InChI is InChI=1S/C28H40N2O/c1-4-15-30(27-13-11-23-12-14-28(31-3)18-24(23)17-27)21-26-16-25(26)20-29(5-2)19-22-9-7-6-8-10-22/h6-10,12,14,18,25-27H,4-5,11,13,15-17,19-21H2,1-3H3. The van der Waals surface area contributed by atoms with E-state index in [1.807, 2.05) is 0 Å². The van der Waals surface area contributed by atoms with Crippen LogP contribution in [0.5, 0.6) is 5.75 Å². The molecule has 3 nitrogen and oxygen atoms in total. The van der Waals surface area contributed by atoms with Crippen LogP contribution in [0.25, 0.3) is 0 Å². The van der Waals surface area contributed by atoms with E-state index in [-0.39, 0.29) is 0 Å². The van der Waals surface area contributed by atoms with Crippen molar-refractivity contribution in [2.45, 2.75) is 58.5 Å². The molecular formula is C28H40N2O. The first kappa shape index (κ1) is 22.4. The lowest BCUT2D eigenvalue weighted by Crippen LogP contribution is -2.41. The van der Waals surface area contributed by atoms with Crippen molar-refractivity contribution in [3.63, 3.8) is 0 Å². The Morgan fingerprint density at radius 2 is 1.77 bits per heavy atom. The molecule has 2 aromatic carbocycles. The van der Waals surface area contributed by atoms with Crippen LogP contribution in [-0.2, 0) is 19.4 Å². The smallest absolute Gasteiger partial charge is 0.119 e. The van der Waals surface area contributed by atoms with Gasteiger partial charge in [-0.05, 0) is 85.9 Å². The highest BCUT2D eigenvalue weighted by atomic mass is 16.5. The van der Waals surface area contributed by atoms with E-state index in [9.17, 15) is 0 Å². The Labute approximate surface area is 189 Å². The number of ether oxygens (including phenoxy) is 1. The van der Waals surface area contributed by atoms with Gasteiger partial charge in [-0.2, -0.15) is 0 Å². The van der Waals surface area contributed by atoms with Crippen LogP contribution in [0.15, 0.2) is 48.5 Å². The summed E-state index contributed by atoms with van der Waals surface area (Å²) in [6, 6.07) is 18.3. The Morgan fingerprint density at radius 3 is 2.52 bits per heavy atom. The SMILES string of the molecule is CCCN(CC1CC1CN(CC)Cc1ccccc1)C1CCc2ccc(OC)cc2C1. The fourth-order valence-corrected chi connectivity index (χ4v) is 5.40. The fourth-order valence-electron chi connectivity index (χ4n) is 5.40.